The first-order valence-electron chi connectivity index (χ1n) is 6.11. The Hall–Kier alpha value is -2.76. The minimum atomic E-state index is -0.477. The fourth-order valence-electron chi connectivity index (χ4n) is 2.40. The average Bonchev–Trinajstić information content (AvgIpc) is 2.87. The molecule has 2 aromatic heterocycles. The zero-order valence-electron chi connectivity index (χ0n) is 11.0. The van der Waals surface area contributed by atoms with Crippen molar-refractivity contribution in [2.75, 3.05) is 0 Å². The van der Waals surface area contributed by atoms with Gasteiger partial charge in [-0.15, -0.1) is 4.73 Å². The Morgan fingerprint density at radius 3 is 2.80 bits per heavy atom. The van der Waals surface area contributed by atoms with E-state index in [2.05, 4.69) is 4.98 Å². The summed E-state index contributed by atoms with van der Waals surface area (Å²) in [6.07, 6.45) is 1.68. The molecule has 3 rings (SSSR count). The van der Waals surface area contributed by atoms with Gasteiger partial charge in [-0.1, -0.05) is 18.2 Å². The fraction of sp³-hybridized carbons (Fsp3) is 0.143. The number of para-hydroxylation sites is 1. The van der Waals surface area contributed by atoms with Gasteiger partial charge < -0.3 is 15.3 Å². The van der Waals surface area contributed by atoms with Gasteiger partial charge in [0.05, 0.1) is 0 Å². The Kier molecular flexibility index (Phi) is 2.53. The van der Waals surface area contributed by atoms with Crippen molar-refractivity contribution in [2.45, 2.75) is 6.92 Å². The summed E-state index contributed by atoms with van der Waals surface area (Å²) in [7, 11) is 1.53. The number of rotatable bonds is 1. The predicted octanol–water partition coefficient (Wildman–Crippen LogP) is 1.18. The Morgan fingerprint density at radius 2 is 2.05 bits per heavy atom. The number of aromatic amines is 1. The number of aromatic nitrogens is 3. The summed E-state index contributed by atoms with van der Waals surface area (Å²) < 4.78 is 1.55. The van der Waals surface area contributed by atoms with E-state index in [0.29, 0.717) is 5.56 Å². The maximum atomic E-state index is 12.0. The number of nitrogens with one attached hydrogen (secondary N) is 1. The molecule has 6 heteroatoms. The van der Waals surface area contributed by atoms with Crippen molar-refractivity contribution in [3.63, 3.8) is 0 Å². The molecule has 20 heavy (non-hydrogen) atoms. The third kappa shape index (κ3) is 1.51. The molecule has 0 amide bonds. The van der Waals surface area contributed by atoms with E-state index in [0.717, 1.165) is 10.9 Å². The van der Waals surface area contributed by atoms with Crippen LogP contribution in [0, 0.1) is 12.1 Å². The van der Waals surface area contributed by atoms with E-state index in [9.17, 15) is 15.1 Å². The minimum Gasteiger partial charge on any atom is -0.616 e. The Bertz CT molecular complexity index is 877. The zero-order chi connectivity index (χ0) is 14.4. The van der Waals surface area contributed by atoms with Crippen molar-refractivity contribution in [3.8, 4) is 17.1 Å². The molecule has 0 aliphatic rings. The lowest BCUT2D eigenvalue weighted by Gasteiger charge is -2.10. The molecule has 0 fully saturated rings. The minimum absolute atomic E-state index is 0.0615. The number of benzene rings is 1. The van der Waals surface area contributed by atoms with Gasteiger partial charge in [-0.2, -0.15) is 0 Å². The largest absolute Gasteiger partial charge is 0.616 e. The quantitative estimate of drug-likeness (QED) is 0.515. The van der Waals surface area contributed by atoms with Crippen LogP contribution in [-0.4, -0.2) is 14.7 Å². The number of fused-ring (bicyclic) bond motifs is 1. The molecule has 2 heterocycles. The highest BCUT2D eigenvalue weighted by Gasteiger charge is 2.24. The molecule has 0 radical (unpaired) electrons. The van der Waals surface area contributed by atoms with Gasteiger partial charge in [0, 0.05) is 36.6 Å². The molecule has 102 valence electrons. The first-order valence-corrected chi connectivity index (χ1v) is 6.11. The predicted molar refractivity (Wildman–Crippen MR) is 74.3 cm³/mol. The van der Waals surface area contributed by atoms with Gasteiger partial charge >= 0.3 is 11.4 Å². The smallest absolute Gasteiger partial charge is 0.402 e. The second-order valence-corrected chi connectivity index (χ2v) is 4.66. The Morgan fingerprint density at radius 1 is 1.35 bits per heavy atom. The van der Waals surface area contributed by atoms with Crippen LogP contribution < -0.4 is 10.3 Å². The highest BCUT2D eigenvalue weighted by atomic mass is 16.5. The maximum Gasteiger partial charge on any atom is 0.402 e. The van der Waals surface area contributed by atoms with E-state index in [1.807, 2.05) is 24.3 Å². The molecule has 0 unspecified atom stereocenters. The van der Waals surface area contributed by atoms with Gasteiger partial charge in [-0.05, 0) is 6.07 Å². The van der Waals surface area contributed by atoms with Gasteiger partial charge in [0.25, 0.3) is 5.69 Å². The van der Waals surface area contributed by atoms with Crippen LogP contribution in [0.3, 0.4) is 0 Å². The molecule has 6 nitrogen and oxygen atoms in total. The molecule has 1 aromatic carbocycles. The topological polar surface area (TPSA) is 85.0 Å². The van der Waals surface area contributed by atoms with E-state index in [-0.39, 0.29) is 16.1 Å². The molecule has 0 saturated heterocycles. The summed E-state index contributed by atoms with van der Waals surface area (Å²) >= 11 is 0. The Balaban J connectivity index is 2.44. The van der Waals surface area contributed by atoms with Crippen molar-refractivity contribution in [1.82, 2.24) is 9.55 Å². The number of H-pyrrole nitrogens is 1. The lowest BCUT2D eigenvalue weighted by molar-refractivity contribution is -0.621. The second-order valence-electron chi connectivity index (χ2n) is 4.66. The lowest BCUT2D eigenvalue weighted by Crippen LogP contribution is -2.41. The van der Waals surface area contributed by atoms with Gasteiger partial charge in [0.1, 0.15) is 0 Å². The summed E-state index contributed by atoms with van der Waals surface area (Å²) in [4.78, 5) is 15.1. The molecule has 0 aliphatic heterocycles. The summed E-state index contributed by atoms with van der Waals surface area (Å²) in [5, 5.41) is 22.8. The molecular formula is C14H13N3O3. The average molecular weight is 271 g/mol. The standard InChI is InChI=1S/C14H13N3O3/c1-8-13(18)16(2)12(14(19)17(8)20)10-7-15-11-6-4-3-5-9(10)11/h3-7,15,19H,1-2H3. The SMILES string of the molecule is Cc1c(=O)n(C)c(-c2c[nH]c3ccccc23)c(O)[n+]1[O-]. The molecule has 0 saturated carbocycles. The number of aromatic hydroxyl groups is 1. The van der Waals surface area contributed by atoms with Gasteiger partial charge in [0.15, 0.2) is 5.69 Å². The molecule has 0 spiro atoms. The van der Waals surface area contributed by atoms with E-state index < -0.39 is 11.4 Å². The summed E-state index contributed by atoms with van der Waals surface area (Å²) in [5.74, 6) is -0.477. The maximum absolute atomic E-state index is 12.0. The highest BCUT2D eigenvalue weighted by molar-refractivity contribution is 5.95. The highest BCUT2D eigenvalue weighted by Crippen LogP contribution is 2.31. The summed E-state index contributed by atoms with van der Waals surface area (Å²) in [5.41, 5.74) is 1.19. The van der Waals surface area contributed by atoms with Crippen LogP contribution in [0.15, 0.2) is 35.3 Å². The second kappa shape index (κ2) is 4.12. The number of hydrogen-bond acceptors (Lipinski definition) is 3. The zero-order valence-corrected chi connectivity index (χ0v) is 11.0. The van der Waals surface area contributed by atoms with Crippen LogP contribution in [0.2, 0.25) is 0 Å². The lowest BCUT2D eigenvalue weighted by atomic mass is 10.1. The van der Waals surface area contributed by atoms with Gasteiger partial charge in [-0.25, -0.2) is 0 Å². The number of hydrogen-bond donors (Lipinski definition) is 2. The van der Waals surface area contributed by atoms with Crippen LogP contribution in [0.25, 0.3) is 22.2 Å². The van der Waals surface area contributed by atoms with Crippen LogP contribution in [0.5, 0.6) is 5.88 Å². The van der Waals surface area contributed by atoms with Crippen LogP contribution >= 0.6 is 0 Å². The summed E-state index contributed by atoms with van der Waals surface area (Å²) in [6, 6.07) is 7.48. The van der Waals surface area contributed by atoms with E-state index >= 15 is 0 Å². The van der Waals surface area contributed by atoms with Crippen molar-refractivity contribution in [1.29, 1.82) is 0 Å². The first kappa shape index (κ1) is 12.3. The molecule has 0 aliphatic carbocycles. The third-order valence-corrected chi connectivity index (χ3v) is 3.50. The van der Waals surface area contributed by atoms with E-state index in [1.165, 1.54) is 18.5 Å². The summed E-state index contributed by atoms with van der Waals surface area (Å²) in [6.45, 7) is 1.38. The van der Waals surface area contributed by atoms with E-state index in [4.69, 9.17) is 0 Å². The van der Waals surface area contributed by atoms with E-state index in [1.54, 1.807) is 6.20 Å². The molecule has 2 N–H and O–H groups in total. The molecule has 0 atom stereocenters. The normalized spacial score (nSPS) is 11.1. The van der Waals surface area contributed by atoms with Crippen LogP contribution in [0.4, 0.5) is 0 Å². The van der Waals surface area contributed by atoms with Crippen molar-refractivity contribution >= 4 is 10.9 Å². The van der Waals surface area contributed by atoms with Gasteiger partial charge in [-0.3, -0.25) is 9.36 Å². The molecule has 0 bridgehead atoms. The Labute approximate surface area is 114 Å². The van der Waals surface area contributed by atoms with Crippen molar-refractivity contribution in [2.24, 2.45) is 7.05 Å². The number of nitrogens with zero attached hydrogens (tertiary/aromatic N) is 2. The van der Waals surface area contributed by atoms with Crippen molar-refractivity contribution in [3.05, 3.63) is 51.7 Å². The molecular weight excluding hydrogens is 258 g/mol. The first-order chi connectivity index (χ1) is 9.52. The third-order valence-electron chi connectivity index (χ3n) is 3.50. The van der Waals surface area contributed by atoms with Crippen molar-refractivity contribution < 1.29 is 9.84 Å². The fourth-order valence-corrected chi connectivity index (χ4v) is 2.40. The molecule has 3 aromatic rings. The van der Waals surface area contributed by atoms with Crippen LogP contribution in [0.1, 0.15) is 5.69 Å². The monoisotopic (exact) mass is 271 g/mol. The van der Waals surface area contributed by atoms with Gasteiger partial charge in [0.2, 0.25) is 0 Å². The van der Waals surface area contributed by atoms with Crippen LogP contribution in [-0.2, 0) is 7.05 Å².